The van der Waals surface area contributed by atoms with Crippen molar-refractivity contribution in [3.05, 3.63) is 74.8 Å². The summed E-state index contributed by atoms with van der Waals surface area (Å²) in [4.78, 5) is 36.1. The Morgan fingerprint density at radius 2 is 1.88 bits per heavy atom. The average molecular weight is 377 g/mol. The van der Waals surface area contributed by atoms with E-state index in [0.717, 1.165) is 11.6 Å². The zero-order valence-corrected chi connectivity index (χ0v) is 14.8. The Morgan fingerprint density at radius 3 is 2.50 bits per heavy atom. The minimum atomic E-state index is -0.886. The fraction of sp³-hybridized carbons (Fsp3) is 0.222. The number of benzene rings is 2. The molecule has 0 radical (unpaired) electrons. The van der Waals surface area contributed by atoms with E-state index in [9.17, 15) is 19.7 Å². The van der Waals surface area contributed by atoms with Crippen molar-refractivity contribution in [2.45, 2.75) is 13.5 Å². The number of nitro groups is 1. The predicted octanol–water partition coefficient (Wildman–Crippen LogP) is 3.45. The Morgan fingerprint density at radius 1 is 1.19 bits per heavy atom. The van der Waals surface area contributed by atoms with Crippen LogP contribution in [-0.2, 0) is 16.1 Å². The van der Waals surface area contributed by atoms with Crippen molar-refractivity contribution >= 4 is 29.2 Å². The summed E-state index contributed by atoms with van der Waals surface area (Å²) in [5, 5.41) is 10.8. The van der Waals surface area contributed by atoms with Gasteiger partial charge in [0.15, 0.2) is 6.61 Å². The van der Waals surface area contributed by atoms with E-state index in [2.05, 4.69) is 0 Å². The molecule has 0 atom stereocenters. The second kappa shape index (κ2) is 8.96. The normalized spacial score (nSPS) is 10.2. The third-order valence-corrected chi connectivity index (χ3v) is 3.99. The van der Waals surface area contributed by atoms with E-state index in [1.807, 2.05) is 37.3 Å². The molecule has 0 aliphatic rings. The van der Waals surface area contributed by atoms with E-state index in [-0.39, 0.29) is 22.2 Å². The maximum absolute atomic E-state index is 12.3. The lowest BCUT2D eigenvalue weighted by atomic mass is 10.2. The van der Waals surface area contributed by atoms with Crippen molar-refractivity contribution in [2.24, 2.45) is 0 Å². The molecule has 1 amide bonds. The third kappa shape index (κ3) is 5.03. The highest BCUT2D eigenvalue weighted by molar-refractivity contribution is 6.33. The summed E-state index contributed by atoms with van der Waals surface area (Å²) in [6.45, 7) is 2.19. The van der Waals surface area contributed by atoms with Crippen LogP contribution in [-0.4, -0.2) is 34.9 Å². The molecule has 0 N–H and O–H groups in total. The molecule has 2 aromatic carbocycles. The molecule has 0 saturated carbocycles. The molecule has 0 spiro atoms. The number of ether oxygens (including phenoxy) is 1. The number of rotatable bonds is 7. The topological polar surface area (TPSA) is 89.8 Å². The molecule has 8 heteroatoms. The highest BCUT2D eigenvalue weighted by atomic mass is 35.5. The molecule has 7 nitrogen and oxygen atoms in total. The highest BCUT2D eigenvalue weighted by Crippen LogP contribution is 2.22. The summed E-state index contributed by atoms with van der Waals surface area (Å²) in [5.41, 5.74) is 0.516. The van der Waals surface area contributed by atoms with Crippen LogP contribution in [0.2, 0.25) is 5.02 Å². The first kappa shape index (κ1) is 19.4. The van der Waals surface area contributed by atoms with E-state index in [1.54, 1.807) is 0 Å². The number of nitro benzene ring substituents is 1. The van der Waals surface area contributed by atoms with Crippen molar-refractivity contribution in [3.63, 3.8) is 0 Å². The first-order valence-corrected chi connectivity index (χ1v) is 8.23. The number of amides is 1. The number of non-ortho nitro benzene ring substituents is 1. The van der Waals surface area contributed by atoms with E-state index in [4.69, 9.17) is 16.3 Å². The molecule has 136 valence electrons. The van der Waals surface area contributed by atoms with Crippen LogP contribution in [0.4, 0.5) is 5.69 Å². The smallest absolute Gasteiger partial charge is 0.340 e. The molecule has 0 fully saturated rings. The van der Waals surface area contributed by atoms with Gasteiger partial charge in [0.2, 0.25) is 0 Å². The largest absolute Gasteiger partial charge is 0.452 e. The van der Waals surface area contributed by atoms with E-state index >= 15 is 0 Å². The zero-order valence-electron chi connectivity index (χ0n) is 14.1. The maximum Gasteiger partial charge on any atom is 0.340 e. The fourth-order valence-corrected chi connectivity index (χ4v) is 2.45. The van der Waals surface area contributed by atoms with Crippen LogP contribution in [0.15, 0.2) is 48.5 Å². The van der Waals surface area contributed by atoms with Gasteiger partial charge in [-0.05, 0) is 18.6 Å². The number of carbonyl (C=O) groups excluding carboxylic acids is 2. The van der Waals surface area contributed by atoms with Crippen LogP contribution in [0.3, 0.4) is 0 Å². The number of carbonyl (C=O) groups is 2. The molecule has 2 aromatic rings. The van der Waals surface area contributed by atoms with Gasteiger partial charge in [0.1, 0.15) is 0 Å². The molecular weight excluding hydrogens is 360 g/mol. The van der Waals surface area contributed by atoms with Gasteiger partial charge in [-0.25, -0.2) is 4.79 Å². The molecule has 0 aliphatic carbocycles. The molecule has 0 bridgehead atoms. The number of likely N-dealkylation sites (N-methyl/N-ethyl adjacent to an activating group) is 1. The first-order chi connectivity index (χ1) is 12.4. The molecule has 0 aliphatic heterocycles. The van der Waals surface area contributed by atoms with Gasteiger partial charge in [-0.1, -0.05) is 41.9 Å². The summed E-state index contributed by atoms with van der Waals surface area (Å²) in [7, 11) is 0. The van der Waals surface area contributed by atoms with Gasteiger partial charge in [-0.2, -0.15) is 0 Å². The number of hydrogen-bond acceptors (Lipinski definition) is 5. The van der Waals surface area contributed by atoms with Crippen molar-refractivity contribution in [1.29, 1.82) is 0 Å². The third-order valence-electron chi connectivity index (χ3n) is 3.66. The van der Waals surface area contributed by atoms with E-state index in [0.29, 0.717) is 13.1 Å². The summed E-state index contributed by atoms with van der Waals surface area (Å²) >= 11 is 5.89. The van der Waals surface area contributed by atoms with Crippen molar-refractivity contribution in [2.75, 3.05) is 13.2 Å². The van der Waals surface area contributed by atoms with Crippen molar-refractivity contribution in [3.8, 4) is 0 Å². The molecule has 0 unspecified atom stereocenters. The van der Waals surface area contributed by atoms with Crippen molar-refractivity contribution in [1.82, 2.24) is 4.90 Å². The Bertz CT molecular complexity index is 810. The Hall–Kier alpha value is -2.93. The summed E-state index contributed by atoms with van der Waals surface area (Å²) < 4.78 is 4.99. The minimum absolute atomic E-state index is 0.0182. The summed E-state index contributed by atoms with van der Waals surface area (Å²) in [6, 6.07) is 12.9. The monoisotopic (exact) mass is 376 g/mol. The van der Waals surface area contributed by atoms with Crippen LogP contribution in [0.25, 0.3) is 0 Å². The molecule has 0 aromatic heterocycles. The van der Waals surface area contributed by atoms with Gasteiger partial charge < -0.3 is 9.64 Å². The second-order valence-corrected chi connectivity index (χ2v) is 5.80. The molecular formula is C18H17ClN2O5. The van der Waals surface area contributed by atoms with Gasteiger partial charge in [0.25, 0.3) is 11.6 Å². The molecule has 0 saturated heterocycles. The average Bonchev–Trinajstić information content (AvgIpc) is 2.64. The summed E-state index contributed by atoms with van der Waals surface area (Å²) in [5.74, 6) is -1.26. The highest BCUT2D eigenvalue weighted by Gasteiger charge is 2.20. The van der Waals surface area contributed by atoms with Crippen LogP contribution >= 0.6 is 11.6 Å². The lowest BCUT2D eigenvalue weighted by molar-refractivity contribution is -0.384. The van der Waals surface area contributed by atoms with Crippen LogP contribution in [0, 0.1) is 10.1 Å². The Kier molecular flexibility index (Phi) is 6.68. The minimum Gasteiger partial charge on any atom is -0.452 e. The van der Waals surface area contributed by atoms with Crippen molar-refractivity contribution < 1.29 is 19.2 Å². The van der Waals surface area contributed by atoms with Gasteiger partial charge in [-0.3, -0.25) is 14.9 Å². The molecule has 26 heavy (non-hydrogen) atoms. The van der Waals surface area contributed by atoms with Gasteiger partial charge in [0, 0.05) is 25.2 Å². The number of esters is 1. The van der Waals surface area contributed by atoms with Gasteiger partial charge in [0.05, 0.1) is 15.5 Å². The van der Waals surface area contributed by atoms with E-state index in [1.165, 1.54) is 17.0 Å². The van der Waals surface area contributed by atoms with Crippen LogP contribution < -0.4 is 0 Å². The SMILES string of the molecule is CCN(Cc1ccccc1)C(=O)COC(=O)c1cc([N+](=O)[O-])ccc1Cl. The van der Waals surface area contributed by atoms with Gasteiger partial charge >= 0.3 is 5.97 Å². The predicted molar refractivity (Wildman–Crippen MR) is 95.9 cm³/mol. The molecule has 0 heterocycles. The lowest BCUT2D eigenvalue weighted by Crippen LogP contribution is -2.34. The fourth-order valence-electron chi connectivity index (χ4n) is 2.26. The quantitative estimate of drug-likeness (QED) is 0.419. The zero-order chi connectivity index (χ0) is 19.1. The van der Waals surface area contributed by atoms with Gasteiger partial charge in [-0.15, -0.1) is 0 Å². The Balaban J connectivity index is 2.00. The molecule has 2 rings (SSSR count). The number of nitrogens with zero attached hydrogens (tertiary/aromatic N) is 2. The maximum atomic E-state index is 12.3. The van der Waals surface area contributed by atoms with E-state index < -0.39 is 17.5 Å². The number of hydrogen-bond donors (Lipinski definition) is 0. The number of halogens is 1. The Labute approximate surface area is 155 Å². The first-order valence-electron chi connectivity index (χ1n) is 7.85. The summed E-state index contributed by atoms with van der Waals surface area (Å²) in [6.07, 6.45) is 0. The standard InChI is InChI=1S/C18H17ClN2O5/c1-2-20(11-13-6-4-3-5-7-13)17(22)12-26-18(23)15-10-14(21(24)25)8-9-16(15)19/h3-10H,2,11-12H2,1H3. The second-order valence-electron chi connectivity index (χ2n) is 5.39. The lowest BCUT2D eigenvalue weighted by Gasteiger charge is -2.20. The van der Waals surface area contributed by atoms with Crippen LogP contribution in [0.1, 0.15) is 22.8 Å². The van der Waals surface area contributed by atoms with Crippen LogP contribution in [0.5, 0.6) is 0 Å².